The topological polar surface area (TPSA) is 94.0 Å². The van der Waals surface area contributed by atoms with Gasteiger partial charge < -0.3 is 21.0 Å². The minimum absolute atomic E-state index is 0. The third kappa shape index (κ3) is 5.43. The fourth-order valence-corrected chi connectivity index (χ4v) is 3.17. The van der Waals surface area contributed by atoms with Crippen LogP contribution in [0.4, 0.5) is 5.69 Å². The number of hydrogen-bond donors (Lipinski definition) is 3. The van der Waals surface area contributed by atoms with Gasteiger partial charge in [-0.05, 0) is 24.5 Å². The Morgan fingerprint density at radius 3 is 2.15 bits per heavy atom. The summed E-state index contributed by atoms with van der Waals surface area (Å²) >= 11 is 0. The summed E-state index contributed by atoms with van der Waals surface area (Å²) in [6.45, 7) is 0.500. The molecule has 0 atom stereocenters. The van der Waals surface area contributed by atoms with E-state index in [1.165, 1.54) is 6.42 Å². The average molecular weight is 356 g/mol. The van der Waals surface area contributed by atoms with Crippen LogP contribution >= 0.6 is 0 Å². The maximum atomic E-state index is 12.7. The third-order valence-electron chi connectivity index (χ3n) is 4.55. The minimum Gasteiger partial charge on any atom is -0.665 e. The number of anilines is 1. The first-order chi connectivity index (χ1) is 12.1. The molecule has 3 rings (SSSR count). The largest absolute Gasteiger partial charge is 0.665 e. The Balaban J connectivity index is 0.000000791. The molecule has 1 amide bonds. The van der Waals surface area contributed by atoms with Crippen LogP contribution in [0.1, 0.15) is 39.5 Å². The average Bonchev–Trinajstić information content (AvgIpc) is 2.64. The predicted octanol–water partition coefficient (Wildman–Crippen LogP) is 3.48. The molecule has 1 aliphatic carbocycles. The monoisotopic (exact) mass is 356 g/mol. The normalized spacial score (nSPS) is 14.8. The van der Waals surface area contributed by atoms with E-state index in [4.69, 9.17) is 9.90 Å². The molecule has 1 aliphatic rings. The van der Waals surface area contributed by atoms with Crippen LogP contribution < -0.4 is 11.1 Å². The first-order valence-electron chi connectivity index (χ1n) is 8.43. The van der Waals surface area contributed by atoms with Crippen molar-refractivity contribution in [3.8, 4) is 11.1 Å². The third-order valence-corrected chi connectivity index (χ3v) is 4.55. The highest BCUT2D eigenvalue weighted by molar-refractivity contribution is 6.00. The molecule has 0 spiro atoms. The zero-order valence-corrected chi connectivity index (χ0v) is 14.2. The lowest BCUT2D eigenvalue weighted by Crippen LogP contribution is -2.78. The Hall–Kier alpha value is -2.66. The standard InChI is InChI=1S/C19H22N2O.CHO2.CH4/c20-19(13-7-2-8-14-19)18(22)21-17-12-6-5-11-16(17)15-9-3-1-4-10-15;2-1-3;/h1,3-6,9-12H,2,7-8,13-14,20H2,(H,21,22);(H,2,3);1H4/q;-1;/p+1. The summed E-state index contributed by atoms with van der Waals surface area (Å²) in [5.74, 6) is 0.0515. The van der Waals surface area contributed by atoms with E-state index >= 15 is 0 Å². The molecule has 0 radical (unpaired) electrons. The maximum Gasteiger partial charge on any atom is 0.285 e. The lowest BCUT2D eigenvalue weighted by Gasteiger charge is -2.28. The molecule has 0 aromatic heterocycles. The van der Waals surface area contributed by atoms with Gasteiger partial charge in [-0.1, -0.05) is 68.9 Å². The van der Waals surface area contributed by atoms with Gasteiger partial charge in [0, 0.05) is 24.1 Å². The number of aliphatic hydroxyl groups excluding tert-OH is 1. The van der Waals surface area contributed by atoms with Gasteiger partial charge in [-0.3, -0.25) is 4.79 Å². The van der Waals surface area contributed by atoms with Crippen molar-refractivity contribution in [2.45, 2.75) is 45.1 Å². The molecule has 140 valence electrons. The van der Waals surface area contributed by atoms with Crippen LogP contribution in [0.2, 0.25) is 0 Å². The van der Waals surface area contributed by atoms with E-state index < -0.39 is 5.54 Å². The van der Waals surface area contributed by atoms with Crippen LogP contribution in [0, 0.1) is 0 Å². The molecule has 0 saturated heterocycles. The van der Waals surface area contributed by atoms with Crippen LogP contribution in [-0.2, 0) is 9.59 Å². The van der Waals surface area contributed by atoms with E-state index in [-0.39, 0.29) is 13.3 Å². The Morgan fingerprint density at radius 1 is 1.00 bits per heavy atom. The van der Waals surface area contributed by atoms with Crippen molar-refractivity contribution >= 4 is 18.1 Å². The minimum atomic E-state index is -0.470. The lowest BCUT2D eigenvalue weighted by atomic mass is 9.82. The summed E-state index contributed by atoms with van der Waals surface area (Å²) < 4.78 is 0. The molecule has 5 N–H and O–H groups in total. The Kier molecular flexibility index (Phi) is 8.52. The smallest absolute Gasteiger partial charge is 0.285 e. The van der Waals surface area contributed by atoms with E-state index in [1.54, 1.807) is 0 Å². The number of nitrogens with one attached hydrogen (secondary N) is 1. The zero-order chi connectivity index (χ0) is 18.1. The summed E-state index contributed by atoms with van der Waals surface area (Å²) in [6.07, 6.45) is 5.17. The zero-order valence-electron chi connectivity index (χ0n) is 14.2. The quantitative estimate of drug-likeness (QED) is 0.735. The van der Waals surface area contributed by atoms with Gasteiger partial charge in [0.1, 0.15) is 0 Å². The van der Waals surface area contributed by atoms with E-state index in [0.29, 0.717) is 6.47 Å². The fraction of sp³-hybridized carbons (Fsp3) is 0.333. The van der Waals surface area contributed by atoms with Gasteiger partial charge in [-0.25, -0.2) is 0 Å². The molecular weight excluding hydrogens is 328 g/mol. The summed E-state index contributed by atoms with van der Waals surface area (Å²) in [5, 5.41) is 9.88. The summed E-state index contributed by atoms with van der Waals surface area (Å²) in [4.78, 5) is 20.9. The molecule has 2 aromatic carbocycles. The number of hydrogen-bond acceptors (Lipinski definition) is 2. The molecule has 2 aromatic rings. The van der Waals surface area contributed by atoms with E-state index in [0.717, 1.165) is 42.5 Å². The molecule has 0 bridgehead atoms. The van der Waals surface area contributed by atoms with Crippen LogP contribution in [0.3, 0.4) is 0 Å². The van der Waals surface area contributed by atoms with Crippen molar-refractivity contribution in [3.05, 3.63) is 54.6 Å². The molecule has 1 fully saturated rings. The number of amides is 1. The molecular formula is C21H28N2O3. The Bertz CT molecular complexity index is 695. The highest BCUT2D eigenvalue weighted by Gasteiger charge is 2.39. The summed E-state index contributed by atoms with van der Waals surface area (Å²) in [5.41, 5.74) is 6.78. The van der Waals surface area contributed by atoms with Crippen molar-refractivity contribution in [3.63, 3.8) is 0 Å². The molecule has 0 unspecified atom stereocenters. The number of carbonyl (C=O) groups is 1. The number of rotatable bonds is 3. The van der Waals surface area contributed by atoms with Crippen LogP contribution in [0.5, 0.6) is 0 Å². The Morgan fingerprint density at radius 2 is 1.54 bits per heavy atom. The van der Waals surface area contributed by atoms with Gasteiger partial charge in [0.15, 0.2) is 5.54 Å². The second-order valence-corrected chi connectivity index (χ2v) is 6.30. The van der Waals surface area contributed by atoms with Gasteiger partial charge in [-0.2, -0.15) is 0 Å². The van der Waals surface area contributed by atoms with Crippen molar-refractivity contribution in [2.24, 2.45) is 0 Å². The van der Waals surface area contributed by atoms with Crippen LogP contribution in [-0.4, -0.2) is 23.0 Å². The number of para-hydroxylation sites is 1. The highest BCUT2D eigenvalue weighted by atomic mass is 16.3. The lowest BCUT2D eigenvalue weighted by molar-refractivity contribution is -0.463. The number of carbonyl (C=O) groups excluding carboxylic acids is 1. The number of benzene rings is 2. The molecule has 1 saturated carbocycles. The first-order valence-corrected chi connectivity index (χ1v) is 8.43. The molecule has 0 heterocycles. The number of quaternary nitrogens is 1. The molecule has 26 heavy (non-hydrogen) atoms. The second kappa shape index (κ2) is 10.4. The Labute approximate surface area is 155 Å². The van der Waals surface area contributed by atoms with Crippen molar-refractivity contribution < 1.29 is 20.4 Å². The molecule has 5 heteroatoms. The van der Waals surface area contributed by atoms with Gasteiger partial charge in [0.05, 0.1) is 0 Å². The predicted molar refractivity (Wildman–Crippen MR) is 104 cm³/mol. The maximum absolute atomic E-state index is 12.7. The summed E-state index contributed by atoms with van der Waals surface area (Å²) in [7, 11) is 0. The van der Waals surface area contributed by atoms with E-state index in [9.17, 15) is 4.79 Å². The van der Waals surface area contributed by atoms with Gasteiger partial charge in [-0.15, -0.1) is 0 Å². The second-order valence-electron chi connectivity index (χ2n) is 6.30. The highest BCUT2D eigenvalue weighted by Crippen LogP contribution is 2.30. The van der Waals surface area contributed by atoms with Gasteiger partial charge >= 0.3 is 0 Å². The summed E-state index contributed by atoms with van der Waals surface area (Å²) in [6, 6.07) is 18.1. The van der Waals surface area contributed by atoms with Crippen molar-refractivity contribution in [1.82, 2.24) is 0 Å². The van der Waals surface area contributed by atoms with Crippen molar-refractivity contribution in [2.75, 3.05) is 5.32 Å². The van der Waals surface area contributed by atoms with Gasteiger partial charge in [0.25, 0.3) is 5.91 Å². The van der Waals surface area contributed by atoms with Gasteiger partial charge in [0.2, 0.25) is 0 Å². The van der Waals surface area contributed by atoms with Crippen molar-refractivity contribution in [1.29, 1.82) is 0 Å². The molecule has 0 aliphatic heterocycles. The van der Waals surface area contributed by atoms with E-state index in [1.807, 2.05) is 42.5 Å². The molecule has 5 nitrogen and oxygen atoms in total. The first kappa shape index (κ1) is 21.4. The van der Waals surface area contributed by atoms with E-state index in [2.05, 4.69) is 23.2 Å². The SMILES string of the molecule is C.O=[C-]O.[NH3+]C1(C(=O)Nc2ccccc2-c2ccccc2)CCCCC1. The van der Waals surface area contributed by atoms with Crippen LogP contribution in [0.15, 0.2) is 54.6 Å². The van der Waals surface area contributed by atoms with Crippen LogP contribution in [0.25, 0.3) is 11.1 Å². The fourth-order valence-electron chi connectivity index (χ4n) is 3.17.